The third-order valence-electron chi connectivity index (χ3n) is 3.02. The Morgan fingerprint density at radius 3 is 1.67 bits per heavy atom. The fourth-order valence-corrected chi connectivity index (χ4v) is 1.98. The van der Waals surface area contributed by atoms with Crippen molar-refractivity contribution in [2.45, 2.75) is 91.3 Å². The maximum absolute atomic E-state index is 12.3. The average Bonchev–Trinajstić information content (AvgIpc) is 2.37. The first-order valence-corrected chi connectivity index (χ1v) is 8.80. The van der Waals surface area contributed by atoms with Gasteiger partial charge in [0.15, 0.2) is 0 Å². The molecule has 0 rings (SSSR count). The van der Waals surface area contributed by atoms with Gasteiger partial charge in [0.05, 0.1) is 0 Å². The molecule has 0 radical (unpaired) electrons. The number of rotatable bonds is 8. The second-order valence-corrected chi connectivity index (χ2v) is 7.96. The number of hydrogen-bond acceptors (Lipinski definition) is 4. The van der Waals surface area contributed by atoms with Crippen molar-refractivity contribution in [3.63, 3.8) is 0 Å². The van der Waals surface area contributed by atoms with Gasteiger partial charge in [-0.05, 0) is 60.8 Å². The SMILES string of the molecule is C=CCCCCCCCN(C(=O)OC(C)(C)C)C(=O)OC(C)(C)C. The molecule has 5 heteroatoms. The standard InChI is InChI=1S/C19H35NO4/c1-8-9-10-11-12-13-14-15-20(16(21)23-18(2,3)4)17(22)24-19(5,6)7/h8H,1,9-15H2,2-7H3. The largest absolute Gasteiger partial charge is 0.443 e. The molecule has 0 fully saturated rings. The molecule has 0 saturated carbocycles. The van der Waals surface area contributed by atoms with E-state index in [9.17, 15) is 9.59 Å². The van der Waals surface area contributed by atoms with Crippen molar-refractivity contribution in [2.24, 2.45) is 0 Å². The van der Waals surface area contributed by atoms with Crippen LogP contribution in [-0.4, -0.2) is 34.8 Å². The Kier molecular flexibility index (Phi) is 9.71. The first kappa shape index (κ1) is 22.5. The fraction of sp³-hybridized carbons (Fsp3) is 0.789. The van der Waals surface area contributed by atoms with Gasteiger partial charge in [0, 0.05) is 6.54 Å². The van der Waals surface area contributed by atoms with E-state index >= 15 is 0 Å². The summed E-state index contributed by atoms with van der Waals surface area (Å²) in [5, 5.41) is 0. The Labute approximate surface area is 147 Å². The molecule has 0 aliphatic rings. The normalized spacial score (nSPS) is 11.8. The van der Waals surface area contributed by atoms with E-state index < -0.39 is 23.4 Å². The molecule has 0 N–H and O–H groups in total. The number of imide groups is 1. The maximum Gasteiger partial charge on any atom is 0.419 e. The molecule has 5 nitrogen and oxygen atoms in total. The van der Waals surface area contributed by atoms with Gasteiger partial charge < -0.3 is 9.47 Å². The highest BCUT2D eigenvalue weighted by atomic mass is 16.6. The third-order valence-corrected chi connectivity index (χ3v) is 3.02. The molecule has 0 aromatic carbocycles. The van der Waals surface area contributed by atoms with E-state index in [1.807, 2.05) is 6.08 Å². The monoisotopic (exact) mass is 341 g/mol. The van der Waals surface area contributed by atoms with E-state index in [0.717, 1.165) is 43.4 Å². The lowest BCUT2D eigenvalue weighted by Crippen LogP contribution is -2.44. The summed E-state index contributed by atoms with van der Waals surface area (Å²) in [6, 6.07) is 0. The van der Waals surface area contributed by atoms with Crippen LogP contribution in [0, 0.1) is 0 Å². The Morgan fingerprint density at radius 1 is 0.833 bits per heavy atom. The molecular weight excluding hydrogens is 306 g/mol. The number of hydrogen-bond donors (Lipinski definition) is 0. The van der Waals surface area contributed by atoms with Crippen molar-refractivity contribution in [3.8, 4) is 0 Å². The van der Waals surface area contributed by atoms with Crippen molar-refractivity contribution < 1.29 is 19.1 Å². The number of carbonyl (C=O) groups is 2. The summed E-state index contributed by atoms with van der Waals surface area (Å²) < 4.78 is 10.6. The van der Waals surface area contributed by atoms with Crippen molar-refractivity contribution in [2.75, 3.05) is 6.54 Å². The zero-order valence-electron chi connectivity index (χ0n) is 16.3. The molecule has 0 spiro atoms. The van der Waals surface area contributed by atoms with Gasteiger partial charge in [-0.15, -0.1) is 6.58 Å². The number of amides is 2. The lowest BCUT2D eigenvalue weighted by atomic mass is 10.1. The Hall–Kier alpha value is -1.52. The van der Waals surface area contributed by atoms with Gasteiger partial charge in [0.2, 0.25) is 0 Å². The number of carbonyl (C=O) groups excluding carboxylic acids is 2. The number of unbranched alkanes of at least 4 members (excludes halogenated alkanes) is 5. The highest BCUT2D eigenvalue weighted by Gasteiger charge is 2.30. The molecule has 0 aliphatic carbocycles. The van der Waals surface area contributed by atoms with E-state index in [4.69, 9.17) is 9.47 Å². The van der Waals surface area contributed by atoms with Crippen LogP contribution in [-0.2, 0) is 9.47 Å². The lowest BCUT2D eigenvalue weighted by molar-refractivity contribution is 0.00118. The molecule has 0 atom stereocenters. The zero-order valence-corrected chi connectivity index (χ0v) is 16.3. The minimum absolute atomic E-state index is 0.311. The van der Waals surface area contributed by atoms with Crippen LogP contribution in [0.25, 0.3) is 0 Å². The van der Waals surface area contributed by atoms with E-state index in [0.29, 0.717) is 6.54 Å². The quantitative estimate of drug-likeness (QED) is 0.420. The van der Waals surface area contributed by atoms with E-state index in [-0.39, 0.29) is 0 Å². The zero-order chi connectivity index (χ0) is 18.8. The highest BCUT2D eigenvalue weighted by molar-refractivity contribution is 5.88. The minimum atomic E-state index is -0.651. The van der Waals surface area contributed by atoms with Gasteiger partial charge in [-0.1, -0.05) is 25.3 Å². The van der Waals surface area contributed by atoms with E-state index in [1.165, 1.54) is 0 Å². The molecule has 0 heterocycles. The van der Waals surface area contributed by atoms with E-state index in [2.05, 4.69) is 6.58 Å². The molecule has 0 saturated heterocycles. The minimum Gasteiger partial charge on any atom is -0.443 e. The Morgan fingerprint density at radius 2 is 1.25 bits per heavy atom. The van der Waals surface area contributed by atoms with Gasteiger partial charge in [0.1, 0.15) is 11.2 Å². The lowest BCUT2D eigenvalue weighted by Gasteiger charge is -2.28. The molecule has 0 bridgehead atoms. The summed E-state index contributed by atoms with van der Waals surface area (Å²) in [4.78, 5) is 25.6. The van der Waals surface area contributed by atoms with Crippen LogP contribution in [0.1, 0.15) is 80.1 Å². The summed E-state index contributed by atoms with van der Waals surface area (Å²) >= 11 is 0. The Balaban J connectivity index is 4.55. The molecule has 140 valence electrons. The van der Waals surface area contributed by atoms with Crippen LogP contribution in [0.2, 0.25) is 0 Å². The summed E-state index contributed by atoms with van der Waals surface area (Å²) in [7, 11) is 0. The molecule has 0 aromatic heterocycles. The predicted molar refractivity (Wildman–Crippen MR) is 97.1 cm³/mol. The van der Waals surface area contributed by atoms with Crippen LogP contribution in [0.15, 0.2) is 12.7 Å². The van der Waals surface area contributed by atoms with Gasteiger partial charge in [-0.2, -0.15) is 0 Å². The fourth-order valence-electron chi connectivity index (χ4n) is 1.98. The van der Waals surface area contributed by atoms with Gasteiger partial charge in [0.25, 0.3) is 0 Å². The Bertz CT molecular complexity index is 377. The number of nitrogens with zero attached hydrogens (tertiary/aromatic N) is 1. The van der Waals surface area contributed by atoms with Crippen LogP contribution >= 0.6 is 0 Å². The number of ether oxygens (including phenoxy) is 2. The van der Waals surface area contributed by atoms with Crippen LogP contribution in [0.3, 0.4) is 0 Å². The molecule has 24 heavy (non-hydrogen) atoms. The van der Waals surface area contributed by atoms with Crippen LogP contribution in [0.4, 0.5) is 9.59 Å². The van der Waals surface area contributed by atoms with Gasteiger partial charge in [-0.3, -0.25) is 0 Å². The maximum atomic E-state index is 12.3. The van der Waals surface area contributed by atoms with Crippen molar-refractivity contribution in [1.29, 1.82) is 0 Å². The van der Waals surface area contributed by atoms with Crippen LogP contribution in [0.5, 0.6) is 0 Å². The molecule has 2 amide bonds. The third kappa shape index (κ3) is 12.0. The van der Waals surface area contributed by atoms with Crippen molar-refractivity contribution in [1.82, 2.24) is 4.90 Å². The summed E-state index contributed by atoms with van der Waals surface area (Å²) in [6.07, 6.45) is 6.69. The second kappa shape index (κ2) is 10.4. The van der Waals surface area contributed by atoms with Crippen molar-refractivity contribution >= 4 is 12.2 Å². The van der Waals surface area contributed by atoms with Crippen LogP contribution < -0.4 is 0 Å². The highest BCUT2D eigenvalue weighted by Crippen LogP contribution is 2.16. The topological polar surface area (TPSA) is 55.8 Å². The first-order chi connectivity index (χ1) is 11.0. The van der Waals surface area contributed by atoms with Gasteiger partial charge in [-0.25, -0.2) is 14.5 Å². The number of allylic oxidation sites excluding steroid dienone is 1. The molecule has 0 unspecified atom stereocenters. The second-order valence-electron chi connectivity index (χ2n) is 7.96. The summed E-state index contributed by atoms with van der Waals surface area (Å²) in [5.41, 5.74) is -1.30. The summed E-state index contributed by atoms with van der Waals surface area (Å²) in [5.74, 6) is 0. The molecular formula is C19H35NO4. The molecule has 0 aliphatic heterocycles. The summed E-state index contributed by atoms with van der Waals surface area (Å²) in [6.45, 7) is 14.7. The predicted octanol–water partition coefficient (Wildman–Crippen LogP) is 5.69. The van der Waals surface area contributed by atoms with E-state index in [1.54, 1.807) is 41.5 Å². The smallest absolute Gasteiger partial charge is 0.419 e. The molecule has 0 aromatic rings. The first-order valence-electron chi connectivity index (χ1n) is 8.80. The van der Waals surface area contributed by atoms with Crippen molar-refractivity contribution in [3.05, 3.63) is 12.7 Å². The average molecular weight is 341 g/mol. The van der Waals surface area contributed by atoms with Gasteiger partial charge >= 0.3 is 12.2 Å².